The molecule has 0 saturated heterocycles. The summed E-state index contributed by atoms with van der Waals surface area (Å²) in [7, 11) is 1.65. The van der Waals surface area contributed by atoms with E-state index in [0.29, 0.717) is 17.6 Å². The van der Waals surface area contributed by atoms with E-state index in [2.05, 4.69) is 15.3 Å². The zero-order valence-electron chi connectivity index (χ0n) is 14.1. The van der Waals surface area contributed by atoms with Crippen LogP contribution in [0.2, 0.25) is 0 Å². The Bertz CT molecular complexity index is 1010. The zero-order valence-corrected chi connectivity index (χ0v) is 14.1. The Kier molecular flexibility index (Phi) is 4.93. The lowest BCUT2D eigenvalue weighted by atomic mass is 10.1. The van der Waals surface area contributed by atoms with Crippen molar-refractivity contribution in [2.45, 2.75) is 6.04 Å². The van der Waals surface area contributed by atoms with Crippen LogP contribution in [0.15, 0.2) is 48.8 Å². The molecule has 2 heterocycles. The van der Waals surface area contributed by atoms with Crippen LogP contribution in [-0.2, 0) is 11.8 Å². The topological polar surface area (TPSA) is 97.1 Å². The molecule has 7 nitrogen and oxygen atoms in total. The van der Waals surface area contributed by atoms with Crippen LogP contribution in [0.25, 0.3) is 11.5 Å². The number of halogens is 2. The largest absolute Gasteiger partial charge is 0.479 e. The van der Waals surface area contributed by atoms with Crippen molar-refractivity contribution in [1.29, 1.82) is 0 Å². The number of carboxylic acids is 1. The summed E-state index contributed by atoms with van der Waals surface area (Å²) in [5.74, 6) is -3.83. The van der Waals surface area contributed by atoms with Crippen molar-refractivity contribution in [3.63, 3.8) is 0 Å². The second-order valence-corrected chi connectivity index (χ2v) is 5.69. The van der Waals surface area contributed by atoms with Gasteiger partial charge in [-0.05, 0) is 18.2 Å². The molecule has 0 radical (unpaired) electrons. The van der Waals surface area contributed by atoms with E-state index >= 15 is 0 Å². The smallest absolute Gasteiger partial charge is 0.331 e. The van der Waals surface area contributed by atoms with Crippen LogP contribution in [0, 0.1) is 11.6 Å². The molecule has 0 saturated carbocycles. The van der Waals surface area contributed by atoms with E-state index in [4.69, 9.17) is 0 Å². The van der Waals surface area contributed by atoms with Crippen LogP contribution >= 0.6 is 0 Å². The molecule has 1 aromatic carbocycles. The fourth-order valence-electron chi connectivity index (χ4n) is 2.52. The number of aliphatic carboxylic acids is 1. The van der Waals surface area contributed by atoms with E-state index in [0.717, 1.165) is 12.1 Å². The molecule has 0 aliphatic carbocycles. The van der Waals surface area contributed by atoms with Gasteiger partial charge in [-0.15, -0.1) is 0 Å². The number of nitrogens with zero attached hydrogens (tertiary/aromatic N) is 3. The number of carbonyl (C=O) groups is 2. The highest BCUT2D eigenvalue weighted by atomic mass is 19.1. The van der Waals surface area contributed by atoms with Gasteiger partial charge in [0.2, 0.25) is 0 Å². The van der Waals surface area contributed by atoms with Gasteiger partial charge >= 0.3 is 5.97 Å². The third kappa shape index (κ3) is 3.81. The molecule has 9 heteroatoms. The normalized spacial score (nSPS) is 11.8. The van der Waals surface area contributed by atoms with Gasteiger partial charge in [-0.3, -0.25) is 9.78 Å². The Labute approximate surface area is 152 Å². The number of hydrogen-bond acceptors (Lipinski definition) is 4. The summed E-state index contributed by atoms with van der Waals surface area (Å²) in [4.78, 5) is 32.2. The van der Waals surface area contributed by atoms with Crippen molar-refractivity contribution in [3.8, 4) is 11.5 Å². The molecule has 1 amide bonds. The first kappa shape index (κ1) is 18.2. The third-order valence-corrected chi connectivity index (χ3v) is 3.80. The number of imidazole rings is 1. The fraction of sp³-hybridized carbons (Fsp3) is 0.111. The number of benzene rings is 1. The molecule has 3 rings (SSSR count). The summed E-state index contributed by atoms with van der Waals surface area (Å²) in [6.45, 7) is 0. The van der Waals surface area contributed by atoms with Crippen molar-refractivity contribution in [2.24, 2.45) is 7.05 Å². The lowest BCUT2D eigenvalue weighted by Crippen LogP contribution is -2.34. The highest BCUT2D eigenvalue weighted by Crippen LogP contribution is 2.20. The molecule has 1 atom stereocenters. The first-order valence-electron chi connectivity index (χ1n) is 7.80. The molecule has 27 heavy (non-hydrogen) atoms. The molecular weight excluding hydrogens is 358 g/mol. The number of carboxylic acid groups (broad SMARTS) is 1. The maximum Gasteiger partial charge on any atom is 0.331 e. The second-order valence-electron chi connectivity index (χ2n) is 5.69. The van der Waals surface area contributed by atoms with Gasteiger partial charge in [0.05, 0.1) is 0 Å². The van der Waals surface area contributed by atoms with Crippen LogP contribution in [0.4, 0.5) is 8.78 Å². The first-order valence-corrected chi connectivity index (χ1v) is 7.80. The summed E-state index contributed by atoms with van der Waals surface area (Å²) in [5.41, 5.74) is 0.100. The molecule has 0 fully saturated rings. The number of carbonyl (C=O) groups excluding carboxylic acids is 1. The molecule has 0 bridgehead atoms. The molecule has 2 N–H and O–H groups in total. The van der Waals surface area contributed by atoms with E-state index in [-0.39, 0.29) is 11.3 Å². The Balaban J connectivity index is 1.88. The molecule has 2 aromatic heterocycles. The molecule has 0 spiro atoms. The number of pyridine rings is 1. The lowest BCUT2D eigenvalue weighted by Gasteiger charge is -2.15. The monoisotopic (exact) mass is 372 g/mol. The Morgan fingerprint density at radius 3 is 2.63 bits per heavy atom. The lowest BCUT2D eigenvalue weighted by molar-refractivity contribution is -0.139. The van der Waals surface area contributed by atoms with E-state index in [1.54, 1.807) is 36.0 Å². The van der Waals surface area contributed by atoms with Gasteiger partial charge in [0.15, 0.2) is 11.9 Å². The third-order valence-electron chi connectivity index (χ3n) is 3.80. The van der Waals surface area contributed by atoms with Gasteiger partial charge in [-0.25, -0.2) is 18.6 Å². The minimum Gasteiger partial charge on any atom is -0.479 e. The van der Waals surface area contributed by atoms with Crippen molar-refractivity contribution in [1.82, 2.24) is 19.9 Å². The number of rotatable bonds is 5. The molecule has 138 valence electrons. The summed E-state index contributed by atoms with van der Waals surface area (Å²) in [5, 5.41) is 11.5. The van der Waals surface area contributed by atoms with E-state index < -0.39 is 29.6 Å². The predicted molar refractivity (Wildman–Crippen MR) is 90.6 cm³/mol. The Hall–Kier alpha value is -3.62. The van der Waals surface area contributed by atoms with Crippen LogP contribution in [0.3, 0.4) is 0 Å². The van der Waals surface area contributed by atoms with Crippen LogP contribution in [-0.4, -0.2) is 31.5 Å². The predicted octanol–water partition coefficient (Wildman–Crippen LogP) is 2.32. The van der Waals surface area contributed by atoms with Gasteiger partial charge in [0.1, 0.15) is 23.0 Å². The zero-order chi connectivity index (χ0) is 19.6. The molecule has 0 aliphatic rings. The summed E-state index contributed by atoms with van der Waals surface area (Å²) < 4.78 is 28.5. The van der Waals surface area contributed by atoms with Gasteiger partial charge in [0.25, 0.3) is 5.91 Å². The van der Waals surface area contributed by atoms with Gasteiger partial charge in [-0.2, -0.15) is 0 Å². The maximum absolute atomic E-state index is 13.9. The van der Waals surface area contributed by atoms with Crippen LogP contribution < -0.4 is 5.32 Å². The van der Waals surface area contributed by atoms with Gasteiger partial charge in [0, 0.05) is 31.1 Å². The maximum atomic E-state index is 13.9. The summed E-state index contributed by atoms with van der Waals surface area (Å²) in [6, 6.07) is 5.94. The number of amides is 1. The molecule has 0 aliphatic heterocycles. The first-order chi connectivity index (χ1) is 12.9. The Morgan fingerprint density at radius 2 is 2.00 bits per heavy atom. The van der Waals surface area contributed by atoms with E-state index in [1.807, 2.05) is 0 Å². The quantitative estimate of drug-likeness (QED) is 0.716. The fourth-order valence-corrected chi connectivity index (χ4v) is 2.52. The van der Waals surface area contributed by atoms with Crippen molar-refractivity contribution in [2.75, 3.05) is 0 Å². The average Bonchev–Trinajstić information content (AvgIpc) is 3.02. The van der Waals surface area contributed by atoms with Gasteiger partial charge in [-0.1, -0.05) is 12.1 Å². The SMILES string of the molecule is Cn1cc(C(=O)NC(C(=O)O)c2ccc(F)cc2F)nc1-c1ccccn1. The molecular formula is C18H14F2N4O3. The summed E-state index contributed by atoms with van der Waals surface area (Å²) in [6.07, 6.45) is 2.97. The van der Waals surface area contributed by atoms with E-state index in [1.165, 1.54) is 6.20 Å². The number of aromatic nitrogens is 3. The van der Waals surface area contributed by atoms with Gasteiger partial charge < -0.3 is 15.0 Å². The standard InChI is InChI=1S/C18H14F2N4O3/c1-24-9-14(22-16(24)13-4-2-3-7-21-13)17(25)23-15(18(26)27)11-6-5-10(19)8-12(11)20/h2-9,15H,1H3,(H,23,25)(H,26,27). The van der Waals surface area contributed by atoms with Crippen molar-refractivity contribution < 1.29 is 23.5 Å². The number of hydrogen-bond donors (Lipinski definition) is 2. The van der Waals surface area contributed by atoms with Crippen molar-refractivity contribution >= 4 is 11.9 Å². The number of aryl methyl sites for hydroxylation is 1. The highest BCUT2D eigenvalue weighted by Gasteiger charge is 2.27. The van der Waals surface area contributed by atoms with Crippen LogP contribution in [0.1, 0.15) is 22.1 Å². The Morgan fingerprint density at radius 1 is 1.22 bits per heavy atom. The number of nitrogens with one attached hydrogen (secondary N) is 1. The molecule has 1 unspecified atom stereocenters. The van der Waals surface area contributed by atoms with E-state index in [9.17, 15) is 23.5 Å². The average molecular weight is 372 g/mol. The molecule has 3 aromatic rings. The second kappa shape index (κ2) is 7.32. The van der Waals surface area contributed by atoms with Crippen molar-refractivity contribution in [3.05, 3.63) is 71.7 Å². The minimum atomic E-state index is -1.70. The highest BCUT2D eigenvalue weighted by molar-refractivity contribution is 5.95. The summed E-state index contributed by atoms with van der Waals surface area (Å²) >= 11 is 0. The minimum absolute atomic E-state index is 0.0630. The van der Waals surface area contributed by atoms with Crippen LogP contribution in [0.5, 0.6) is 0 Å².